The van der Waals surface area contributed by atoms with Gasteiger partial charge in [0, 0.05) is 5.41 Å². The fraction of sp³-hybridized carbons (Fsp3) is 0.107. The van der Waals surface area contributed by atoms with Crippen LogP contribution in [0.1, 0.15) is 16.7 Å². The van der Waals surface area contributed by atoms with Crippen molar-refractivity contribution in [2.75, 3.05) is 13.2 Å². The predicted molar refractivity (Wildman–Crippen MR) is 141 cm³/mol. The molecule has 6 nitrogen and oxygen atoms in total. The van der Waals surface area contributed by atoms with Gasteiger partial charge >= 0.3 is 0 Å². The Morgan fingerprint density at radius 3 is 2.57 bits per heavy atom. The van der Waals surface area contributed by atoms with E-state index in [0.29, 0.717) is 24.1 Å². The Labute approximate surface area is 208 Å². The van der Waals surface area contributed by atoms with Crippen LogP contribution in [0.5, 0.6) is 11.5 Å². The molecule has 0 aliphatic carbocycles. The minimum Gasteiger partial charge on any atom is -0.490 e. The number of hydrogen-bond donors (Lipinski definition) is 1. The first-order valence-electron chi connectivity index (χ1n) is 11.2. The fourth-order valence-corrected chi connectivity index (χ4v) is 4.69. The Kier molecular flexibility index (Phi) is 6.50. The highest BCUT2D eigenvalue weighted by molar-refractivity contribution is 8.17. The van der Waals surface area contributed by atoms with Crippen LogP contribution in [0, 0.1) is 12.3 Å². The molecule has 174 valence electrons. The topological polar surface area (TPSA) is 75.0 Å². The van der Waals surface area contributed by atoms with Gasteiger partial charge in [0.1, 0.15) is 30.5 Å². The third-order valence-corrected chi connectivity index (χ3v) is 6.38. The van der Waals surface area contributed by atoms with Gasteiger partial charge in [-0.25, -0.2) is 0 Å². The molecule has 0 atom stereocenters. The molecule has 3 aromatic carbocycles. The number of amidine groups is 2. The van der Waals surface area contributed by atoms with Crippen molar-refractivity contribution in [3.05, 3.63) is 107 Å². The maximum atomic E-state index is 12.7. The Balaban J connectivity index is 1.29. The van der Waals surface area contributed by atoms with Crippen LogP contribution in [0.2, 0.25) is 0 Å². The molecule has 0 aromatic heterocycles. The zero-order valence-corrected chi connectivity index (χ0v) is 19.9. The maximum Gasteiger partial charge on any atom is 0.283 e. The summed E-state index contributed by atoms with van der Waals surface area (Å²) < 4.78 is 11.6. The molecule has 0 radical (unpaired) electrons. The highest BCUT2D eigenvalue weighted by Gasteiger charge is 2.36. The van der Waals surface area contributed by atoms with E-state index in [4.69, 9.17) is 14.9 Å². The highest BCUT2D eigenvalue weighted by Crippen LogP contribution is 2.37. The lowest BCUT2D eigenvalue weighted by Gasteiger charge is -2.26. The van der Waals surface area contributed by atoms with Crippen molar-refractivity contribution in [2.24, 2.45) is 4.99 Å². The summed E-state index contributed by atoms with van der Waals surface area (Å²) in [5, 5.41) is 11.2. The number of ether oxygens (including phenoxy) is 2. The lowest BCUT2D eigenvalue weighted by atomic mass is 10.1. The number of carbonyl (C=O) groups is 1. The number of amides is 1. The third-order valence-electron chi connectivity index (χ3n) is 5.56. The van der Waals surface area contributed by atoms with Gasteiger partial charge in [-0.3, -0.25) is 15.1 Å². The number of thioether (sulfide) groups is 1. The van der Waals surface area contributed by atoms with Crippen molar-refractivity contribution in [3.8, 4) is 11.5 Å². The average molecular weight is 482 g/mol. The fourth-order valence-electron chi connectivity index (χ4n) is 3.80. The first-order chi connectivity index (χ1) is 17.1. The van der Waals surface area contributed by atoms with Crippen LogP contribution in [0.25, 0.3) is 11.8 Å². The minimum absolute atomic E-state index is 0.109. The Bertz CT molecular complexity index is 1380. The number of rotatable bonds is 7. The maximum absolute atomic E-state index is 12.7. The summed E-state index contributed by atoms with van der Waals surface area (Å²) in [5.41, 5.74) is 3.87. The number of aliphatic imine (C=N–C) groups is 1. The number of benzene rings is 3. The monoisotopic (exact) mass is 481 g/mol. The summed E-state index contributed by atoms with van der Waals surface area (Å²) >= 11 is 1.35. The smallest absolute Gasteiger partial charge is 0.283 e. The molecule has 2 aliphatic heterocycles. The van der Waals surface area contributed by atoms with E-state index in [-0.39, 0.29) is 11.4 Å². The van der Waals surface area contributed by atoms with Gasteiger partial charge in [-0.15, -0.1) is 0 Å². The molecule has 35 heavy (non-hydrogen) atoms. The number of aryl methyl sites for hydroxylation is 1. The molecule has 2 heterocycles. The van der Waals surface area contributed by atoms with E-state index in [1.807, 2.05) is 91.2 Å². The summed E-state index contributed by atoms with van der Waals surface area (Å²) in [7, 11) is 0. The number of carbonyl (C=O) groups excluding carboxylic acids is 1. The van der Waals surface area contributed by atoms with Crippen LogP contribution in [0.15, 0.2) is 94.8 Å². The number of para-hydroxylation sites is 1. The van der Waals surface area contributed by atoms with Gasteiger partial charge in [-0.05, 0) is 47.9 Å². The van der Waals surface area contributed by atoms with Gasteiger partial charge in [0.2, 0.25) is 0 Å². The van der Waals surface area contributed by atoms with E-state index in [9.17, 15) is 4.79 Å². The lowest BCUT2D eigenvalue weighted by Crippen LogP contribution is -2.38. The molecule has 0 spiro atoms. The highest BCUT2D eigenvalue weighted by atomic mass is 32.2. The molecule has 7 heteroatoms. The second-order valence-electron chi connectivity index (χ2n) is 7.96. The van der Waals surface area contributed by atoms with Crippen molar-refractivity contribution in [2.45, 2.75) is 6.92 Å². The molecule has 5 rings (SSSR count). The second-order valence-corrected chi connectivity index (χ2v) is 8.80. The molecule has 1 amide bonds. The lowest BCUT2D eigenvalue weighted by molar-refractivity contribution is -0.114. The largest absolute Gasteiger partial charge is 0.490 e. The zero-order valence-electron chi connectivity index (χ0n) is 19.1. The predicted octanol–water partition coefficient (Wildman–Crippen LogP) is 5.76. The van der Waals surface area contributed by atoms with Crippen LogP contribution in [-0.4, -0.2) is 35.0 Å². The zero-order chi connectivity index (χ0) is 24.2. The number of hydrogen-bond acceptors (Lipinski definition) is 5. The third kappa shape index (κ3) is 4.90. The minimum atomic E-state index is -0.422. The standard InChI is InChI=1S/C28H23N3O3S/c1-19-8-5-6-13-25(19)34-15-14-33-22-12-7-9-20(16-22)17-23-26(29)31-24(21-10-3-2-4-11-21)18-35-28(31)30-27(23)32/h2-13,16-18,29H,14-15H2,1H3. The van der Waals surface area contributed by atoms with Crippen molar-refractivity contribution in [1.82, 2.24) is 4.90 Å². The quantitative estimate of drug-likeness (QED) is 0.343. The normalized spacial score (nSPS) is 16.1. The summed E-state index contributed by atoms with van der Waals surface area (Å²) in [6.07, 6.45) is 1.69. The van der Waals surface area contributed by atoms with Gasteiger partial charge < -0.3 is 9.47 Å². The first-order valence-corrected chi connectivity index (χ1v) is 12.1. The molecule has 0 unspecified atom stereocenters. The Hall–Kier alpha value is -4.10. The van der Waals surface area contributed by atoms with Crippen molar-refractivity contribution >= 4 is 40.4 Å². The van der Waals surface area contributed by atoms with Crippen LogP contribution in [0.4, 0.5) is 0 Å². The van der Waals surface area contributed by atoms with E-state index in [1.54, 1.807) is 11.0 Å². The van der Waals surface area contributed by atoms with Crippen molar-refractivity contribution in [1.29, 1.82) is 5.41 Å². The van der Waals surface area contributed by atoms with E-state index in [2.05, 4.69) is 4.99 Å². The molecule has 1 N–H and O–H groups in total. The first kappa shape index (κ1) is 22.7. The summed E-state index contributed by atoms with van der Waals surface area (Å²) in [6.45, 7) is 2.80. The average Bonchev–Trinajstić information content (AvgIpc) is 3.30. The number of fused-ring (bicyclic) bond motifs is 1. The molecule has 0 bridgehead atoms. The second kappa shape index (κ2) is 10.0. The van der Waals surface area contributed by atoms with Gasteiger partial charge in [-0.2, -0.15) is 4.99 Å². The van der Waals surface area contributed by atoms with E-state index < -0.39 is 5.91 Å². The molecular weight excluding hydrogens is 458 g/mol. The van der Waals surface area contributed by atoms with Crippen LogP contribution in [-0.2, 0) is 4.79 Å². The van der Waals surface area contributed by atoms with Crippen LogP contribution in [0.3, 0.4) is 0 Å². The molecule has 3 aromatic rings. The summed E-state index contributed by atoms with van der Waals surface area (Å²) in [6, 6.07) is 25.1. The molecule has 2 aliphatic rings. The van der Waals surface area contributed by atoms with Gasteiger partial charge in [0.15, 0.2) is 5.17 Å². The number of nitrogens with zero attached hydrogens (tertiary/aromatic N) is 2. The van der Waals surface area contributed by atoms with E-state index >= 15 is 0 Å². The van der Waals surface area contributed by atoms with Crippen LogP contribution < -0.4 is 9.47 Å². The van der Waals surface area contributed by atoms with Gasteiger partial charge in [-0.1, -0.05) is 72.4 Å². The Morgan fingerprint density at radius 1 is 0.971 bits per heavy atom. The van der Waals surface area contributed by atoms with E-state index in [1.165, 1.54) is 11.8 Å². The van der Waals surface area contributed by atoms with Crippen molar-refractivity contribution < 1.29 is 14.3 Å². The molecule has 0 saturated heterocycles. The SMILES string of the molecule is Cc1ccccc1OCCOc1cccc(C=C2C(=N)N3C(c4ccccc4)=CSC3=NC2=O)c1. The Morgan fingerprint density at radius 2 is 1.74 bits per heavy atom. The molecular formula is C28H23N3O3S. The van der Waals surface area contributed by atoms with E-state index in [0.717, 1.165) is 28.1 Å². The number of nitrogens with one attached hydrogen (secondary N) is 1. The summed E-state index contributed by atoms with van der Waals surface area (Å²) in [4.78, 5) is 18.7. The van der Waals surface area contributed by atoms with Crippen LogP contribution >= 0.6 is 11.8 Å². The molecule has 0 saturated carbocycles. The van der Waals surface area contributed by atoms with Gasteiger partial charge in [0.25, 0.3) is 5.91 Å². The van der Waals surface area contributed by atoms with Gasteiger partial charge in [0.05, 0.1) is 11.3 Å². The summed E-state index contributed by atoms with van der Waals surface area (Å²) in [5.74, 6) is 1.19. The molecule has 0 fully saturated rings. The van der Waals surface area contributed by atoms with Crippen molar-refractivity contribution in [3.63, 3.8) is 0 Å².